The van der Waals surface area contributed by atoms with Gasteiger partial charge in [-0.15, -0.1) is 0 Å². The zero-order chi connectivity index (χ0) is 18.8. The number of nitro benzene ring substituents is 1. The first-order valence-corrected chi connectivity index (χ1v) is 10.0. The second-order valence-corrected chi connectivity index (χ2v) is 9.42. The summed E-state index contributed by atoms with van der Waals surface area (Å²) in [4.78, 5) is 15.3. The van der Waals surface area contributed by atoms with Crippen molar-refractivity contribution in [1.29, 1.82) is 5.26 Å². The Morgan fingerprint density at radius 1 is 1.24 bits per heavy atom. The predicted molar refractivity (Wildman–Crippen MR) is 102 cm³/mol. The average molecular weight is 435 g/mol. The van der Waals surface area contributed by atoms with E-state index >= 15 is 0 Å². The number of alkyl halides is 3. The number of nitro groups is 1. The Labute approximate surface area is 167 Å². The molecule has 2 rings (SSSR count). The molecule has 25 heavy (non-hydrogen) atoms. The fraction of sp³-hybridized carbons (Fsp3) is 0.200. The maximum Gasteiger partial charge on any atom is 0.269 e. The SMILES string of the molecule is Cc1cc(C)c(C#N)c(SSc2ccc([N+](=O)[O-])cc2C(Cl)(Cl)Cl)n1. The summed E-state index contributed by atoms with van der Waals surface area (Å²) in [7, 11) is 2.46. The molecule has 0 fully saturated rings. The molecule has 0 saturated heterocycles. The van der Waals surface area contributed by atoms with Crippen LogP contribution in [0.1, 0.15) is 22.4 Å². The highest BCUT2D eigenvalue weighted by atomic mass is 35.6. The molecule has 0 aliphatic heterocycles. The van der Waals surface area contributed by atoms with Crippen molar-refractivity contribution in [2.75, 3.05) is 0 Å². The average Bonchev–Trinajstić information content (AvgIpc) is 2.51. The van der Waals surface area contributed by atoms with Crippen molar-refractivity contribution in [2.45, 2.75) is 27.6 Å². The molecular formula is C15H10Cl3N3O2S2. The third-order valence-corrected chi connectivity index (χ3v) is 6.06. The van der Waals surface area contributed by atoms with E-state index in [9.17, 15) is 15.4 Å². The van der Waals surface area contributed by atoms with Gasteiger partial charge >= 0.3 is 0 Å². The van der Waals surface area contributed by atoms with Crippen LogP contribution in [0.2, 0.25) is 0 Å². The summed E-state index contributed by atoms with van der Waals surface area (Å²) < 4.78 is -1.82. The van der Waals surface area contributed by atoms with E-state index < -0.39 is 8.72 Å². The molecule has 0 atom stereocenters. The van der Waals surface area contributed by atoms with Gasteiger partial charge in [0.25, 0.3) is 5.69 Å². The molecule has 5 nitrogen and oxygen atoms in total. The lowest BCUT2D eigenvalue weighted by Gasteiger charge is -2.15. The van der Waals surface area contributed by atoms with Gasteiger partial charge in [0.2, 0.25) is 3.79 Å². The summed E-state index contributed by atoms with van der Waals surface area (Å²) in [5, 5.41) is 20.8. The number of rotatable bonds is 4. The van der Waals surface area contributed by atoms with Crippen molar-refractivity contribution in [3.8, 4) is 6.07 Å². The topological polar surface area (TPSA) is 79.8 Å². The number of hydrogen-bond donors (Lipinski definition) is 0. The molecule has 0 saturated carbocycles. The second-order valence-electron chi connectivity index (χ2n) is 4.97. The third-order valence-electron chi connectivity index (χ3n) is 3.11. The molecule has 0 aliphatic rings. The van der Waals surface area contributed by atoms with Crippen LogP contribution in [0.3, 0.4) is 0 Å². The van der Waals surface area contributed by atoms with Gasteiger partial charge in [0.05, 0.1) is 10.5 Å². The maximum atomic E-state index is 10.9. The van der Waals surface area contributed by atoms with Crippen LogP contribution in [0.15, 0.2) is 34.2 Å². The fourth-order valence-electron chi connectivity index (χ4n) is 2.01. The number of hydrogen-bond acceptors (Lipinski definition) is 6. The highest BCUT2D eigenvalue weighted by molar-refractivity contribution is 8.76. The van der Waals surface area contributed by atoms with Crippen molar-refractivity contribution >= 4 is 62.1 Å². The van der Waals surface area contributed by atoms with Crippen LogP contribution in [0, 0.1) is 35.3 Å². The Morgan fingerprint density at radius 2 is 1.92 bits per heavy atom. The number of nitriles is 1. The van der Waals surface area contributed by atoms with Crippen LogP contribution >= 0.6 is 56.4 Å². The molecule has 0 bridgehead atoms. The molecule has 0 N–H and O–H groups in total. The molecule has 0 amide bonds. The minimum Gasteiger partial charge on any atom is -0.258 e. The number of aryl methyl sites for hydroxylation is 2. The summed E-state index contributed by atoms with van der Waals surface area (Å²) in [6, 6.07) is 8.04. The standard InChI is InChI=1S/C15H10Cl3N3O2S2/c1-8-5-9(2)20-14(11(8)7-19)25-24-13-4-3-10(21(22)23)6-12(13)15(16,17)18/h3-6H,1-2H3. The highest BCUT2D eigenvalue weighted by Crippen LogP contribution is 2.48. The minimum absolute atomic E-state index is 0.169. The van der Waals surface area contributed by atoms with E-state index in [-0.39, 0.29) is 11.3 Å². The second kappa shape index (κ2) is 8.02. The van der Waals surface area contributed by atoms with Crippen LogP contribution in [0.25, 0.3) is 0 Å². The molecular weight excluding hydrogens is 425 g/mol. The van der Waals surface area contributed by atoms with Crippen molar-refractivity contribution < 1.29 is 4.92 Å². The molecule has 10 heteroatoms. The molecule has 0 spiro atoms. The number of halogens is 3. The van der Waals surface area contributed by atoms with E-state index in [1.165, 1.54) is 39.8 Å². The maximum absolute atomic E-state index is 10.9. The van der Waals surface area contributed by atoms with Crippen LogP contribution in [0.5, 0.6) is 0 Å². The molecule has 0 aliphatic carbocycles. The van der Waals surface area contributed by atoms with Gasteiger partial charge < -0.3 is 0 Å². The predicted octanol–water partition coefficient (Wildman–Crippen LogP) is 6.10. The first kappa shape index (κ1) is 20.1. The van der Waals surface area contributed by atoms with E-state index in [4.69, 9.17) is 34.8 Å². The van der Waals surface area contributed by atoms with E-state index in [2.05, 4.69) is 11.1 Å². The summed E-state index contributed by atoms with van der Waals surface area (Å²) in [6.07, 6.45) is 0. The summed E-state index contributed by atoms with van der Waals surface area (Å²) in [5.41, 5.74) is 2.11. The Kier molecular flexibility index (Phi) is 6.46. The van der Waals surface area contributed by atoms with Gasteiger partial charge in [-0.2, -0.15) is 5.26 Å². The Morgan fingerprint density at radius 3 is 2.48 bits per heavy atom. The zero-order valence-electron chi connectivity index (χ0n) is 12.9. The van der Waals surface area contributed by atoms with Crippen LogP contribution in [0.4, 0.5) is 5.69 Å². The van der Waals surface area contributed by atoms with E-state index in [0.717, 1.165) is 11.3 Å². The molecule has 130 valence electrons. The van der Waals surface area contributed by atoms with E-state index in [1.54, 1.807) is 0 Å². The van der Waals surface area contributed by atoms with Crippen LogP contribution < -0.4 is 0 Å². The number of non-ortho nitro benzene ring substituents is 1. The van der Waals surface area contributed by atoms with Crippen molar-refractivity contribution in [3.05, 3.63) is 56.8 Å². The molecule has 1 heterocycles. The number of pyridine rings is 1. The zero-order valence-corrected chi connectivity index (χ0v) is 16.8. The van der Waals surface area contributed by atoms with Crippen molar-refractivity contribution in [1.82, 2.24) is 4.98 Å². The van der Waals surface area contributed by atoms with Crippen molar-refractivity contribution in [3.63, 3.8) is 0 Å². The molecule has 1 aromatic heterocycles. The Balaban J connectivity index is 2.39. The molecule has 0 unspecified atom stereocenters. The molecule has 1 aromatic carbocycles. The van der Waals surface area contributed by atoms with E-state index in [1.807, 2.05) is 19.9 Å². The normalized spacial score (nSPS) is 11.2. The quantitative estimate of drug-likeness (QED) is 0.250. The van der Waals surface area contributed by atoms with Gasteiger partial charge in [0.1, 0.15) is 11.1 Å². The lowest BCUT2D eigenvalue weighted by atomic mass is 10.1. The van der Waals surface area contributed by atoms with E-state index in [0.29, 0.717) is 15.5 Å². The fourth-order valence-corrected chi connectivity index (χ4v) is 5.02. The van der Waals surface area contributed by atoms with Crippen LogP contribution in [-0.2, 0) is 3.79 Å². The third kappa shape index (κ3) is 4.93. The van der Waals surface area contributed by atoms with Gasteiger partial charge in [-0.25, -0.2) is 4.98 Å². The minimum atomic E-state index is -1.82. The van der Waals surface area contributed by atoms with Crippen LogP contribution in [-0.4, -0.2) is 9.91 Å². The molecule has 2 aromatic rings. The lowest BCUT2D eigenvalue weighted by molar-refractivity contribution is -0.385. The summed E-state index contributed by atoms with van der Waals surface area (Å²) in [5.74, 6) is 0. The van der Waals surface area contributed by atoms with Gasteiger partial charge in [0.15, 0.2) is 0 Å². The smallest absolute Gasteiger partial charge is 0.258 e. The first-order valence-electron chi connectivity index (χ1n) is 6.72. The largest absolute Gasteiger partial charge is 0.269 e. The van der Waals surface area contributed by atoms with Gasteiger partial charge in [-0.3, -0.25) is 10.1 Å². The Hall–Kier alpha value is -1.17. The summed E-state index contributed by atoms with van der Waals surface area (Å²) >= 11 is 17.8. The molecule has 0 radical (unpaired) electrons. The highest BCUT2D eigenvalue weighted by Gasteiger charge is 2.29. The van der Waals surface area contributed by atoms with Gasteiger partial charge in [0, 0.05) is 28.3 Å². The number of benzene rings is 1. The van der Waals surface area contributed by atoms with Gasteiger partial charge in [-0.05, 0) is 42.3 Å². The monoisotopic (exact) mass is 433 g/mol. The van der Waals surface area contributed by atoms with Gasteiger partial charge in [-0.1, -0.05) is 45.6 Å². The first-order chi connectivity index (χ1) is 11.6. The summed E-state index contributed by atoms with van der Waals surface area (Å²) in [6.45, 7) is 3.67. The van der Waals surface area contributed by atoms with Crippen molar-refractivity contribution in [2.24, 2.45) is 0 Å². The lowest BCUT2D eigenvalue weighted by Crippen LogP contribution is -2.03. The number of aromatic nitrogens is 1. The Bertz CT molecular complexity index is 880. The number of nitrogens with zero attached hydrogens (tertiary/aromatic N) is 3.